The van der Waals surface area contributed by atoms with Gasteiger partial charge >= 0.3 is 6.03 Å². The summed E-state index contributed by atoms with van der Waals surface area (Å²) >= 11 is 0. The Kier molecular flexibility index (Phi) is 1.91. The van der Waals surface area contributed by atoms with Crippen LogP contribution in [0.2, 0.25) is 0 Å². The van der Waals surface area contributed by atoms with Crippen molar-refractivity contribution in [2.45, 2.75) is 6.92 Å². The van der Waals surface area contributed by atoms with Crippen LogP contribution in [0.25, 0.3) is 0 Å². The van der Waals surface area contributed by atoms with E-state index in [-0.39, 0.29) is 23.8 Å². The van der Waals surface area contributed by atoms with Crippen molar-refractivity contribution < 1.29 is 14.7 Å². The number of nitrogens with one attached hydrogen (secondary N) is 1. The highest BCUT2D eigenvalue weighted by Crippen LogP contribution is 2.06. The molecule has 5 nitrogen and oxygen atoms in total. The highest BCUT2D eigenvalue weighted by molar-refractivity contribution is 6.00. The van der Waals surface area contributed by atoms with Crippen LogP contribution in [-0.2, 0) is 4.79 Å². The number of nitrogens with zero attached hydrogens (tertiary/aromatic N) is 1. The summed E-state index contributed by atoms with van der Waals surface area (Å²) < 4.78 is 0. The Balaban J connectivity index is 2.88. The quantitative estimate of drug-likeness (QED) is 0.542. The minimum absolute atomic E-state index is 0.0255. The first-order valence-corrected chi connectivity index (χ1v) is 3.03. The van der Waals surface area contributed by atoms with E-state index in [1.54, 1.807) is 0 Å². The average molecular weight is 155 g/mol. The third-order valence-electron chi connectivity index (χ3n) is 1.25. The van der Waals surface area contributed by atoms with Gasteiger partial charge in [-0.3, -0.25) is 4.79 Å². The van der Waals surface area contributed by atoms with Gasteiger partial charge in [0.1, 0.15) is 5.70 Å². The summed E-state index contributed by atoms with van der Waals surface area (Å²) in [6.07, 6.45) is 0. The second-order valence-electron chi connectivity index (χ2n) is 2.08. The number of allylic oxidation sites excluding steroid dienone is 1. The Morgan fingerprint density at radius 3 is 2.73 bits per heavy atom. The summed E-state index contributed by atoms with van der Waals surface area (Å²) in [5.41, 5.74) is 0.208. The molecule has 1 aliphatic rings. The zero-order chi connectivity index (χ0) is 8.43. The summed E-state index contributed by atoms with van der Waals surface area (Å²) in [4.78, 5) is 21.3. The molecule has 0 aromatic rings. The molecule has 0 aliphatic carbocycles. The first-order chi connectivity index (χ1) is 5.15. The maximum absolute atomic E-state index is 10.7. The molecule has 1 aliphatic heterocycles. The Morgan fingerprint density at radius 2 is 2.36 bits per heavy atom. The number of carbonyl (C=O) groups excluding carboxylic acids is 2. The Morgan fingerprint density at radius 1 is 1.73 bits per heavy atom. The molecule has 0 saturated carbocycles. The van der Waals surface area contributed by atoms with Crippen molar-refractivity contribution in [1.29, 1.82) is 0 Å². The highest BCUT2D eigenvalue weighted by atomic mass is 16.3. The highest BCUT2D eigenvalue weighted by Gasteiger charge is 2.24. The molecule has 1 radical (unpaired) electrons. The molecule has 0 aromatic heterocycles. The SMILES string of the molecule is CC(=O)C1=C(CO)NC(=O)[N]1. The third-order valence-corrected chi connectivity index (χ3v) is 1.25. The van der Waals surface area contributed by atoms with Gasteiger partial charge in [-0.1, -0.05) is 0 Å². The fraction of sp³-hybridized carbons (Fsp3) is 0.333. The number of hydrogen-bond acceptors (Lipinski definition) is 3. The maximum Gasteiger partial charge on any atom is 0.345 e. The molecule has 59 valence electrons. The summed E-state index contributed by atoms with van der Waals surface area (Å²) in [5, 5.41) is 14.2. The number of urea groups is 1. The number of hydrogen-bond donors (Lipinski definition) is 2. The minimum Gasteiger partial charge on any atom is -0.390 e. The lowest BCUT2D eigenvalue weighted by Crippen LogP contribution is -2.20. The maximum atomic E-state index is 10.7. The largest absolute Gasteiger partial charge is 0.390 e. The second kappa shape index (κ2) is 2.71. The normalized spacial score (nSPS) is 16.4. The molecule has 2 amide bonds. The van der Waals surface area contributed by atoms with Gasteiger partial charge in [0.2, 0.25) is 0 Å². The van der Waals surface area contributed by atoms with Gasteiger partial charge in [-0.25, -0.2) is 4.79 Å². The zero-order valence-corrected chi connectivity index (χ0v) is 5.92. The minimum atomic E-state index is -0.598. The molecule has 0 saturated heterocycles. The Bertz CT molecular complexity index is 244. The van der Waals surface area contributed by atoms with Gasteiger partial charge in [0.15, 0.2) is 5.78 Å². The van der Waals surface area contributed by atoms with E-state index in [9.17, 15) is 9.59 Å². The van der Waals surface area contributed by atoms with Crippen molar-refractivity contribution in [3.8, 4) is 0 Å². The predicted molar refractivity (Wildman–Crippen MR) is 35.5 cm³/mol. The monoisotopic (exact) mass is 155 g/mol. The van der Waals surface area contributed by atoms with Gasteiger partial charge in [-0.15, -0.1) is 0 Å². The van der Waals surface area contributed by atoms with Crippen LogP contribution < -0.4 is 10.6 Å². The van der Waals surface area contributed by atoms with Crippen LogP contribution in [-0.4, -0.2) is 23.5 Å². The van der Waals surface area contributed by atoms with Crippen molar-refractivity contribution in [3.05, 3.63) is 11.4 Å². The van der Waals surface area contributed by atoms with Crippen LogP contribution in [0.3, 0.4) is 0 Å². The van der Waals surface area contributed by atoms with Crippen LogP contribution in [0.5, 0.6) is 0 Å². The first-order valence-electron chi connectivity index (χ1n) is 3.03. The van der Waals surface area contributed by atoms with Gasteiger partial charge in [0.25, 0.3) is 0 Å². The second-order valence-corrected chi connectivity index (χ2v) is 2.08. The van der Waals surface area contributed by atoms with Crippen molar-refractivity contribution in [2.75, 3.05) is 6.61 Å². The number of aliphatic hydroxyl groups excluding tert-OH is 1. The predicted octanol–water partition coefficient (Wildman–Crippen LogP) is -0.893. The third kappa shape index (κ3) is 1.38. The number of ketones is 1. The van der Waals surface area contributed by atoms with Gasteiger partial charge < -0.3 is 10.4 Å². The number of Topliss-reactive ketones (excluding diaryl/α,β-unsaturated/α-hetero) is 1. The smallest absolute Gasteiger partial charge is 0.345 e. The molecule has 2 N–H and O–H groups in total. The van der Waals surface area contributed by atoms with E-state index >= 15 is 0 Å². The Hall–Kier alpha value is -1.36. The summed E-state index contributed by atoms with van der Waals surface area (Å²) in [6, 6.07) is -0.598. The number of amides is 2. The van der Waals surface area contributed by atoms with Gasteiger partial charge in [-0.05, 0) is 0 Å². The van der Waals surface area contributed by atoms with E-state index in [0.29, 0.717) is 0 Å². The molecule has 0 unspecified atom stereocenters. The van der Waals surface area contributed by atoms with E-state index in [1.807, 2.05) is 0 Å². The van der Waals surface area contributed by atoms with E-state index < -0.39 is 6.03 Å². The van der Waals surface area contributed by atoms with E-state index in [0.717, 1.165) is 0 Å². The molecule has 0 aromatic carbocycles. The molecular weight excluding hydrogens is 148 g/mol. The first kappa shape index (κ1) is 7.74. The number of carbonyl (C=O) groups is 2. The van der Waals surface area contributed by atoms with Crippen molar-refractivity contribution >= 4 is 11.8 Å². The van der Waals surface area contributed by atoms with Crippen LogP contribution >= 0.6 is 0 Å². The van der Waals surface area contributed by atoms with Gasteiger partial charge in [0.05, 0.1) is 12.3 Å². The average Bonchev–Trinajstić information content (AvgIpc) is 2.30. The number of rotatable bonds is 2. The van der Waals surface area contributed by atoms with E-state index in [4.69, 9.17) is 5.11 Å². The van der Waals surface area contributed by atoms with Gasteiger partial charge in [0, 0.05) is 6.92 Å². The number of aliphatic hydroxyl groups is 1. The lowest BCUT2D eigenvalue weighted by Gasteiger charge is -1.94. The molecule has 1 rings (SSSR count). The molecule has 1 heterocycles. The van der Waals surface area contributed by atoms with E-state index in [1.165, 1.54) is 6.92 Å². The van der Waals surface area contributed by atoms with Crippen LogP contribution in [0, 0.1) is 0 Å². The van der Waals surface area contributed by atoms with Crippen molar-refractivity contribution in [1.82, 2.24) is 10.6 Å². The molecule has 11 heavy (non-hydrogen) atoms. The van der Waals surface area contributed by atoms with Gasteiger partial charge in [-0.2, -0.15) is 5.32 Å². The lowest BCUT2D eigenvalue weighted by atomic mass is 10.3. The van der Waals surface area contributed by atoms with Crippen LogP contribution in [0.15, 0.2) is 11.4 Å². The summed E-state index contributed by atoms with van der Waals surface area (Å²) in [5.74, 6) is -0.326. The lowest BCUT2D eigenvalue weighted by molar-refractivity contribution is -0.113. The Labute approximate surface area is 63.1 Å². The molecule has 0 spiro atoms. The van der Waals surface area contributed by atoms with Crippen molar-refractivity contribution in [3.63, 3.8) is 0 Å². The van der Waals surface area contributed by atoms with Crippen LogP contribution in [0.4, 0.5) is 4.79 Å². The molecular formula is C6H7N2O3. The van der Waals surface area contributed by atoms with Crippen LogP contribution in [0.1, 0.15) is 6.92 Å². The summed E-state index contributed by atoms with van der Waals surface area (Å²) in [7, 11) is 0. The topological polar surface area (TPSA) is 80.5 Å². The van der Waals surface area contributed by atoms with E-state index in [2.05, 4.69) is 10.6 Å². The summed E-state index contributed by atoms with van der Waals surface area (Å²) in [6.45, 7) is 0.916. The zero-order valence-electron chi connectivity index (χ0n) is 5.92. The standard InChI is InChI=1S/C6H7N2O3/c1-3(10)5-4(2-9)7-6(11)8-5/h9H,2H2,1H3,(H,7,11). The molecule has 5 heteroatoms. The fourth-order valence-corrected chi connectivity index (χ4v) is 0.791. The van der Waals surface area contributed by atoms with Crippen molar-refractivity contribution in [2.24, 2.45) is 0 Å². The fourth-order valence-electron chi connectivity index (χ4n) is 0.791. The molecule has 0 atom stereocenters. The molecule has 0 bridgehead atoms. The molecule has 0 fully saturated rings.